The standard InChI is InChI=1S/C16H29N3O4/c1-3-11(2)14(16(22)23)18-13(20)5-4-8-19-9-6-12(7-10-19)15(17)21/h11-12,14H,3-10H2,1-2H3,(H2,17,21)(H,18,20)(H,22,23). The Bertz CT molecular complexity index is 420. The van der Waals surface area contributed by atoms with E-state index in [1.807, 2.05) is 13.8 Å². The number of hydrogen-bond acceptors (Lipinski definition) is 4. The Labute approximate surface area is 137 Å². The number of nitrogens with one attached hydrogen (secondary N) is 1. The molecular formula is C16H29N3O4. The number of carboxylic acids is 1. The maximum Gasteiger partial charge on any atom is 0.326 e. The number of nitrogens with two attached hydrogens (primary N) is 1. The minimum atomic E-state index is -0.985. The van der Waals surface area contributed by atoms with Crippen molar-refractivity contribution in [3.05, 3.63) is 0 Å². The highest BCUT2D eigenvalue weighted by molar-refractivity contribution is 5.83. The lowest BCUT2D eigenvalue weighted by atomic mass is 9.96. The molecule has 1 heterocycles. The smallest absolute Gasteiger partial charge is 0.326 e. The summed E-state index contributed by atoms with van der Waals surface area (Å²) in [6, 6.07) is -0.821. The zero-order chi connectivity index (χ0) is 17.4. The van der Waals surface area contributed by atoms with E-state index in [2.05, 4.69) is 10.2 Å². The highest BCUT2D eigenvalue weighted by atomic mass is 16.4. The number of carboxylic acid groups (broad SMARTS) is 1. The molecule has 1 aliphatic rings. The molecule has 0 aromatic rings. The lowest BCUT2D eigenvalue weighted by Gasteiger charge is -2.30. The van der Waals surface area contributed by atoms with Crippen LogP contribution in [0.1, 0.15) is 46.0 Å². The highest BCUT2D eigenvalue weighted by Crippen LogP contribution is 2.17. The molecule has 0 radical (unpaired) electrons. The molecule has 0 saturated carbocycles. The number of likely N-dealkylation sites (tertiary alicyclic amines) is 1. The van der Waals surface area contributed by atoms with Crippen LogP contribution in [0.2, 0.25) is 0 Å². The first-order valence-electron chi connectivity index (χ1n) is 8.39. The van der Waals surface area contributed by atoms with Crippen LogP contribution in [0.4, 0.5) is 0 Å². The topological polar surface area (TPSA) is 113 Å². The molecule has 132 valence electrons. The van der Waals surface area contributed by atoms with Crippen molar-refractivity contribution in [1.82, 2.24) is 10.2 Å². The van der Waals surface area contributed by atoms with Gasteiger partial charge in [0.15, 0.2) is 0 Å². The van der Waals surface area contributed by atoms with Gasteiger partial charge in [-0.05, 0) is 44.8 Å². The molecule has 0 aromatic heterocycles. The molecule has 1 saturated heterocycles. The van der Waals surface area contributed by atoms with Crippen LogP contribution in [0.25, 0.3) is 0 Å². The zero-order valence-electron chi connectivity index (χ0n) is 14.1. The van der Waals surface area contributed by atoms with E-state index >= 15 is 0 Å². The van der Waals surface area contributed by atoms with Gasteiger partial charge in [-0.1, -0.05) is 20.3 Å². The van der Waals surface area contributed by atoms with E-state index in [0.29, 0.717) is 19.3 Å². The van der Waals surface area contributed by atoms with E-state index in [4.69, 9.17) is 10.8 Å². The number of aliphatic carboxylic acids is 1. The second-order valence-corrected chi connectivity index (χ2v) is 6.39. The first-order valence-corrected chi connectivity index (χ1v) is 8.39. The second-order valence-electron chi connectivity index (χ2n) is 6.39. The summed E-state index contributed by atoms with van der Waals surface area (Å²) >= 11 is 0. The Morgan fingerprint density at radius 2 is 1.91 bits per heavy atom. The number of carbonyl (C=O) groups is 3. The number of rotatable bonds is 9. The Balaban J connectivity index is 2.26. The molecule has 0 spiro atoms. The molecule has 1 rings (SSSR count). The molecular weight excluding hydrogens is 298 g/mol. The third-order valence-corrected chi connectivity index (χ3v) is 4.66. The van der Waals surface area contributed by atoms with Crippen LogP contribution >= 0.6 is 0 Å². The summed E-state index contributed by atoms with van der Waals surface area (Å²) in [5.41, 5.74) is 5.30. The third-order valence-electron chi connectivity index (χ3n) is 4.66. The number of primary amides is 1. The Morgan fingerprint density at radius 1 is 1.30 bits per heavy atom. The maximum atomic E-state index is 11.9. The van der Waals surface area contributed by atoms with E-state index < -0.39 is 12.0 Å². The number of hydrogen-bond donors (Lipinski definition) is 3. The first kappa shape index (κ1) is 19.4. The van der Waals surface area contributed by atoms with Gasteiger partial charge in [-0.2, -0.15) is 0 Å². The highest BCUT2D eigenvalue weighted by Gasteiger charge is 2.25. The molecule has 7 heteroatoms. The summed E-state index contributed by atoms with van der Waals surface area (Å²) in [6.45, 7) is 6.14. The number of carbonyl (C=O) groups excluding carboxylic acids is 2. The van der Waals surface area contributed by atoms with Crippen molar-refractivity contribution in [2.24, 2.45) is 17.6 Å². The van der Waals surface area contributed by atoms with Gasteiger partial charge in [0.05, 0.1) is 0 Å². The molecule has 7 nitrogen and oxygen atoms in total. The summed E-state index contributed by atoms with van der Waals surface area (Å²) in [6.07, 6.45) is 3.25. The fraction of sp³-hybridized carbons (Fsp3) is 0.812. The summed E-state index contributed by atoms with van der Waals surface area (Å²) < 4.78 is 0. The van der Waals surface area contributed by atoms with E-state index in [1.165, 1.54) is 0 Å². The van der Waals surface area contributed by atoms with Gasteiger partial charge in [-0.25, -0.2) is 4.79 Å². The predicted octanol–water partition coefficient (Wildman–Crippen LogP) is 0.579. The van der Waals surface area contributed by atoms with Gasteiger partial charge in [0.1, 0.15) is 6.04 Å². The fourth-order valence-electron chi connectivity index (χ4n) is 2.83. The Morgan fingerprint density at radius 3 is 2.39 bits per heavy atom. The minimum Gasteiger partial charge on any atom is -0.480 e. The van der Waals surface area contributed by atoms with Gasteiger partial charge in [0, 0.05) is 12.3 Å². The van der Waals surface area contributed by atoms with E-state index in [-0.39, 0.29) is 23.7 Å². The third kappa shape index (κ3) is 6.56. The van der Waals surface area contributed by atoms with E-state index in [9.17, 15) is 14.4 Å². The van der Waals surface area contributed by atoms with Crippen LogP contribution in [0.15, 0.2) is 0 Å². The molecule has 0 aliphatic carbocycles. The molecule has 4 N–H and O–H groups in total. The molecule has 2 amide bonds. The Kier molecular flexibility index (Phi) is 8.02. The van der Waals surface area contributed by atoms with Crippen molar-refractivity contribution in [2.45, 2.75) is 52.0 Å². The van der Waals surface area contributed by atoms with E-state index in [0.717, 1.165) is 32.5 Å². The summed E-state index contributed by atoms with van der Waals surface area (Å²) in [5, 5.41) is 11.8. The SMILES string of the molecule is CCC(C)C(NC(=O)CCCN1CCC(C(N)=O)CC1)C(=O)O. The fourth-order valence-corrected chi connectivity index (χ4v) is 2.83. The van der Waals surface area contributed by atoms with Gasteiger partial charge >= 0.3 is 5.97 Å². The van der Waals surface area contributed by atoms with Gasteiger partial charge in [-0.3, -0.25) is 9.59 Å². The molecule has 1 fully saturated rings. The molecule has 23 heavy (non-hydrogen) atoms. The monoisotopic (exact) mass is 327 g/mol. The average molecular weight is 327 g/mol. The first-order chi connectivity index (χ1) is 10.8. The Hall–Kier alpha value is -1.63. The van der Waals surface area contributed by atoms with Gasteiger partial charge in [-0.15, -0.1) is 0 Å². The van der Waals surface area contributed by atoms with Crippen LogP contribution in [-0.4, -0.2) is 53.5 Å². The molecule has 0 aromatic carbocycles. The second kappa shape index (κ2) is 9.50. The zero-order valence-corrected chi connectivity index (χ0v) is 14.1. The normalized spacial score (nSPS) is 19.0. The van der Waals surface area contributed by atoms with Crippen LogP contribution in [-0.2, 0) is 14.4 Å². The lowest BCUT2D eigenvalue weighted by Crippen LogP contribution is -2.45. The van der Waals surface area contributed by atoms with Crippen LogP contribution in [0.3, 0.4) is 0 Å². The largest absolute Gasteiger partial charge is 0.480 e. The molecule has 1 aliphatic heterocycles. The quantitative estimate of drug-likeness (QED) is 0.573. The number of piperidine rings is 1. The van der Waals surface area contributed by atoms with Crippen LogP contribution in [0, 0.1) is 11.8 Å². The maximum absolute atomic E-state index is 11.9. The van der Waals surface area contributed by atoms with Crippen molar-refractivity contribution in [3.8, 4) is 0 Å². The van der Waals surface area contributed by atoms with Crippen molar-refractivity contribution in [2.75, 3.05) is 19.6 Å². The van der Waals surface area contributed by atoms with Crippen LogP contribution < -0.4 is 11.1 Å². The predicted molar refractivity (Wildman–Crippen MR) is 86.6 cm³/mol. The average Bonchev–Trinajstić information content (AvgIpc) is 2.52. The van der Waals surface area contributed by atoms with Gasteiger partial charge in [0.2, 0.25) is 11.8 Å². The van der Waals surface area contributed by atoms with Gasteiger partial charge in [0.25, 0.3) is 0 Å². The van der Waals surface area contributed by atoms with Gasteiger partial charge < -0.3 is 21.1 Å². The molecule has 2 unspecified atom stereocenters. The molecule has 0 bridgehead atoms. The lowest BCUT2D eigenvalue weighted by molar-refractivity contribution is -0.143. The van der Waals surface area contributed by atoms with Crippen molar-refractivity contribution in [3.63, 3.8) is 0 Å². The van der Waals surface area contributed by atoms with Crippen LogP contribution in [0.5, 0.6) is 0 Å². The number of nitrogens with zero attached hydrogens (tertiary/aromatic N) is 1. The van der Waals surface area contributed by atoms with Crippen molar-refractivity contribution < 1.29 is 19.5 Å². The summed E-state index contributed by atoms with van der Waals surface area (Å²) in [4.78, 5) is 36.4. The summed E-state index contributed by atoms with van der Waals surface area (Å²) in [7, 11) is 0. The van der Waals surface area contributed by atoms with Crippen molar-refractivity contribution >= 4 is 17.8 Å². The number of amides is 2. The molecule has 2 atom stereocenters. The minimum absolute atomic E-state index is 0.0265. The van der Waals surface area contributed by atoms with E-state index in [1.54, 1.807) is 0 Å². The van der Waals surface area contributed by atoms with Crippen molar-refractivity contribution in [1.29, 1.82) is 0 Å². The summed E-state index contributed by atoms with van der Waals surface area (Å²) in [5.74, 6) is -1.55.